The van der Waals surface area contributed by atoms with Crippen molar-refractivity contribution in [1.29, 1.82) is 0 Å². The first kappa shape index (κ1) is 25.2. The van der Waals surface area contributed by atoms with E-state index in [0.717, 1.165) is 24.8 Å². The lowest BCUT2D eigenvalue weighted by Gasteiger charge is -2.25. The number of amides is 1. The van der Waals surface area contributed by atoms with Gasteiger partial charge in [0.2, 0.25) is 5.91 Å². The number of carbonyl (C=O) groups is 1. The molecule has 2 unspecified atom stereocenters. The molecular formula is C29H34N2O3. The Hall–Kier alpha value is -3.41. The molecule has 3 aromatic rings. The van der Waals surface area contributed by atoms with E-state index in [1.807, 2.05) is 48.5 Å². The summed E-state index contributed by atoms with van der Waals surface area (Å²) in [5, 5.41) is 22.2. The van der Waals surface area contributed by atoms with E-state index in [2.05, 4.69) is 48.3 Å². The van der Waals surface area contributed by atoms with Crippen molar-refractivity contribution in [3.05, 3.63) is 108 Å². The number of allylic oxidation sites excluding steroid dienone is 1. The van der Waals surface area contributed by atoms with Crippen LogP contribution in [-0.2, 0) is 17.6 Å². The van der Waals surface area contributed by atoms with Crippen LogP contribution in [0.2, 0.25) is 0 Å². The number of nitrogens with one attached hydrogen (secondary N) is 2. The zero-order valence-electron chi connectivity index (χ0n) is 19.5. The molecule has 34 heavy (non-hydrogen) atoms. The molecule has 0 fully saturated rings. The molecule has 3 rings (SSSR count). The summed E-state index contributed by atoms with van der Waals surface area (Å²) in [6.45, 7) is 4.12. The van der Waals surface area contributed by atoms with E-state index in [4.69, 9.17) is 5.21 Å². The summed E-state index contributed by atoms with van der Waals surface area (Å²) in [5.41, 5.74) is 7.17. The van der Waals surface area contributed by atoms with Crippen LogP contribution in [-0.4, -0.2) is 28.9 Å². The number of hydrogen-bond acceptors (Lipinski definition) is 4. The van der Waals surface area contributed by atoms with Gasteiger partial charge >= 0.3 is 0 Å². The Kier molecular flexibility index (Phi) is 9.89. The van der Waals surface area contributed by atoms with Crippen LogP contribution < -0.4 is 10.8 Å². The molecule has 0 aromatic heterocycles. The van der Waals surface area contributed by atoms with Gasteiger partial charge in [0.25, 0.3) is 0 Å². The second kappa shape index (κ2) is 13.3. The molecular weight excluding hydrogens is 424 g/mol. The first-order chi connectivity index (χ1) is 16.6. The van der Waals surface area contributed by atoms with E-state index in [0.29, 0.717) is 12.1 Å². The monoisotopic (exact) mass is 458 g/mol. The van der Waals surface area contributed by atoms with Gasteiger partial charge in [0.1, 0.15) is 0 Å². The molecule has 5 heteroatoms. The smallest absolute Gasteiger partial charge is 0.244 e. The summed E-state index contributed by atoms with van der Waals surface area (Å²) < 4.78 is 0. The van der Waals surface area contributed by atoms with Crippen molar-refractivity contribution in [3.63, 3.8) is 0 Å². The number of carbonyl (C=O) groups excluding carboxylic acids is 1. The molecule has 178 valence electrons. The average Bonchev–Trinajstić information content (AvgIpc) is 2.89. The van der Waals surface area contributed by atoms with Gasteiger partial charge in [0, 0.05) is 18.0 Å². The fraction of sp³-hybridized carbons (Fsp3) is 0.276. The minimum Gasteiger partial charge on any atom is -0.394 e. The van der Waals surface area contributed by atoms with Crippen LogP contribution >= 0.6 is 0 Å². The lowest BCUT2D eigenvalue weighted by molar-refractivity contribution is -0.130. The Labute approximate surface area is 202 Å². The van der Waals surface area contributed by atoms with Crippen LogP contribution in [0.5, 0.6) is 0 Å². The van der Waals surface area contributed by atoms with Crippen LogP contribution in [0.15, 0.2) is 97.2 Å². The molecule has 0 aliphatic carbocycles. The van der Waals surface area contributed by atoms with Crippen molar-refractivity contribution in [2.45, 2.75) is 38.1 Å². The maximum absolute atomic E-state index is 11.9. The molecule has 0 heterocycles. The molecule has 3 aromatic carbocycles. The van der Waals surface area contributed by atoms with E-state index >= 15 is 0 Å². The van der Waals surface area contributed by atoms with Gasteiger partial charge in [-0.15, -0.1) is 0 Å². The Morgan fingerprint density at radius 2 is 1.47 bits per heavy atom. The first-order valence-corrected chi connectivity index (χ1v) is 11.8. The van der Waals surface area contributed by atoms with Gasteiger partial charge in [-0.1, -0.05) is 91.5 Å². The number of aryl methyl sites for hydroxylation is 1. The second-order valence-electron chi connectivity index (χ2n) is 8.63. The van der Waals surface area contributed by atoms with Gasteiger partial charge in [0.15, 0.2) is 0 Å². The molecule has 0 spiro atoms. The summed E-state index contributed by atoms with van der Waals surface area (Å²) in [7, 11) is 0. The zero-order chi connectivity index (χ0) is 24.2. The average molecular weight is 459 g/mol. The molecule has 0 aliphatic heterocycles. The number of hydroxylamine groups is 1. The van der Waals surface area contributed by atoms with Crippen LogP contribution in [0, 0.1) is 5.92 Å². The summed E-state index contributed by atoms with van der Waals surface area (Å²) in [6, 6.07) is 28.6. The van der Waals surface area contributed by atoms with Crippen molar-refractivity contribution in [3.8, 4) is 11.1 Å². The number of benzene rings is 3. The summed E-state index contributed by atoms with van der Waals surface area (Å²) >= 11 is 0. The second-order valence-corrected chi connectivity index (χ2v) is 8.63. The lowest BCUT2D eigenvalue weighted by atomic mass is 9.92. The van der Waals surface area contributed by atoms with Gasteiger partial charge in [-0.2, -0.15) is 0 Å². The Balaban J connectivity index is 1.56. The first-order valence-electron chi connectivity index (χ1n) is 11.8. The third-order valence-electron chi connectivity index (χ3n) is 6.06. The summed E-state index contributed by atoms with van der Waals surface area (Å²) in [5.74, 6) is -0.593. The van der Waals surface area contributed by atoms with Crippen molar-refractivity contribution in [2.24, 2.45) is 5.92 Å². The molecule has 1 amide bonds. The van der Waals surface area contributed by atoms with Crippen LogP contribution in [0.1, 0.15) is 30.4 Å². The highest BCUT2D eigenvalue weighted by Gasteiger charge is 2.19. The molecule has 0 bridgehead atoms. The van der Waals surface area contributed by atoms with Gasteiger partial charge in [-0.05, 0) is 47.9 Å². The number of aliphatic hydroxyl groups is 1. The summed E-state index contributed by atoms with van der Waals surface area (Å²) in [4.78, 5) is 11.9. The topological polar surface area (TPSA) is 81.6 Å². The molecule has 5 nitrogen and oxygen atoms in total. The van der Waals surface area contributed by atoms with E-state index in [1.54, 1.807) is 5.48 Å². The van der Waals surface area contributed by atoms with E-state index in [9.17, 15) is 9.90 Å². The molecule has 0 saturated carbocycles. The SMILES string of the molecule is C=C(NC(CO)Cc1ccccc1)C(CCCc1ccc(-c2ccccc2)cc1)CC(=O)NO. The van der Waals surface area contributed by atoms with E-state index in [1.165, 1.54) is 16.7 Å². The quantitative estimate of drug-likeness (QED) is 0.217. The minimum atomic E-state index is -0.441. The van der Waals surface area contributed by atoms with Crippen LogP contribution in [0.4, 0.5) is 0 Å². The molecule has 0 aliphatic rings. The standard InChI is InChI=1S/C29H34N2O3/c1-22(30-28(21-32)19-24-9-4-2-5-10-24)27(20-29(33)31-34)14-8-11-23-15-17-26(18-16-23)25-12-6-3-7-13-25/h2-7,9-10,12-13,15-18,27-28,30,32,34H,1,8,11,14,19-21H2,(H,31,33). The van der Waals surface area contributed by atoms with Crippen LogP contribution in [0.25, 0.3) is 11.1 Å². The fourth-order valence-corrected chi connectivity index (χ4v) is 4.16. The molecule has 4 N–H and O–H groups in total. The maximum Gasteiger partial charge on any atom is 0.244 e. The third kappa shape index (κ3) is 7.87. The molecule has 0 radical (unpaired) electrons. The fourth-order valence-electron chi connectivity index (χ4n) is 4.16. The van der Waals surface area contributed by atoms with Gasteiger partial charge in [-0.25, -0.2) is 5.48 Å². The Bertz CT molecular complexity index is 1020. The number of aliphatic hydroxyl groups excluding tert-OH is 1. The summed E-state index contributed by atoms with van der Waals surface area (Å²) in [6.07, 6.45) is 3.29. The van der Waals surface area contributed by atoms with Crippen LogP contribution in [0.3, 0.4) is 0 Å². The van der Waals surface area contributed by atoms with E-state index in [-0.39, 0.29) is 25.0 Å². The largest absolute Gasteiger partial charge is 0.394 e. The van der Waals surface area contributed by atoms with Gasteiger partial charge in [-0.3, -0.25) is 10.0 Å². The van der Waals surface area contributed by atoms with Crippen molar-refractivity contribution in [1.82, 2.24) is 10.8 Å². The Morgan fingerprint density at radius 1 is 0.853 bits per heavy atom. The predicted molar refractivity (Wildman–Crippen MR) is 136 cm³/mol. The molecule has 0 saturated heterocycles. The van der Waals surface area contributed by atoms with Gasteiger partial charge < -0.3 is 10.4 Å². The molecule has 2 atom stereocenters. The Morgan fingerprint density at radius 3 is 2.09 bits per heavy atom. The number of hydrogen-bond donors (Lipinski definition) is 4. The van der Waals surface area contributed by atoms with Gasteiger partial charge in [0.05, 0.1) is 12.6 Å². The minimum absolute atomic E-state index is 0.0411. The highest BCUT2D eigenvalue weighted by atomic mass is 16.5. The van der Waals surface area contributed by atoms with E-state index < -0.39 is 5.91 Å². The van der Waals surface area contributed by atoms with Crippen molar-refractivity contribution in [2.75, 3.05) is 6.61 Å². The normalized spacial score (nSPS) is 12.5. The third-order valence-corrected chi connectivity index (χ3v) is 6.06. The number of rotatable bonds is 13. The zero-order valence-corrected chi connectivity index (χ0v) is 19.5. The highest BCUT2D eigenvalue weighted by molar-refractivity contribution is 5.75. The lowest BCUT2D eigenvalue weighted by Crippen LogP contribution is -2.37. The van der Waals surface area contributed by atoms with Crippen molar-refractivity contribution >= 4 is 5.91 Å². The predicted octanol–water partition coefficient (Wildman–Crippen LogP) is 4.89. The maximum atomic E-state index is 11.9. The highest BCUT2D eigenvalue weighted by Crippen LogP contribution is 2.23. The van der Waals surface area contributed by atoms with Crippen molar-refractivity contribution < 1.29 is 15.1 Å².